The Morgan fingerprint density at radius 3 is 2.50 bits per heavy atom. The van der Waals surface area contributed by atoms with Crippen LogP contribution in [-0.4, -0.2) is 31.7 Å². The molecule has 0 aliphatic carbocycles. The van der Waals surface area contributed by atoms with E-state index in [4.69, 9.17) is 8.92 Å². The number of aryl methyl sites for hydroxylation is 1. The van der Waals surface area contributed by atoms with E-state index in [-0.39, 0.29) is 11.5 Å². The van der Waals surface area contributed by atoms with Crippen molar-refractivity contribution in [2.24, 2.45) is 0 Å². The second-order valence-corrected chi connectivity index (χ2v) is 9.08. The number of carbonyl (C=O) groups is 1. The first-order valence-electron chi connectivity index (χ1n) is 7.96. The third-order valence-corrected chi connectivity index (χ3v) is 5.20. The minimum atomic E-state index is -3.79. The molecule has 0 fully saturated rings. The number of anilines is 1. The molecule has 1 aromatic carbocycles. The van der Waals surface area contributed by atoms with E-state index in [9.17, 15) is 13.2 Å². The first-order chi connectivity index (χ1) is 12.0. The van der Waals surface area contributed by atoms with Gasteiger partial charge in [-0.2, -0.15) is 8.42 Å². The van der Waals surface area contributed by atoms with Crippen molar-refractivity contribution in [3.05, 3.63) is 40.9 Å². The highest BCUT2D eigenvalue weighted by atomic mass is 32.2. The molecule has 0 spiro atoms. The molecule has 1 amide bonds. The maximum atomic E-state index is 12.1. The zero-order valence-corrected chi connectivity index (χ0v) is 16.7. The molecule has 0 aliphatic rings. The largest absolute Gasteiger partial charge is 0.444 e. The summed E-state index contributed by atoms with van der Waals surface area (Å²) >= 11 is 1.23. The monoisotopic (exact) mass is 398 g/mol. The van der Waals surface area contributed by atoms with Gasteiger partial charge in [0.1, 0.15) is 5.60 Å². The van der Waals surface area contributed by atoms with Gasteiger partial charge in [-0.05, 0) is 39.8 Å². The smallest absolute Gasteiger partial charge is 0.413 e. The Kier molecular flexibility index (Phi) is 6.38. The van der Waals surface area contributed by atoms with Gasteiger partial charge >= 0.3 is 6.09 Å². The highest BCUT2D eigenvalue weighted by Gasteiger charge is 2.18. The molecule has 9 heteroatoms. The third kappa shape index (κ3) is 6.40. The van der Waals surface area contributed by atoms with Crippen LogP contribution >= 0.6 is 11.3 Å². The summed E-state index contributed by atoms with van der Waals surface area (Å²) in [6.07, 6.45) is -0.283. The number of hydrogen-bond acceptors (Lipinski definition) is 7. The van der Waals surface area contributed by atoms with Crippen LogP contribution in [0.5, 0.6) is 0 Å². The first-order valence-corrected chi connectivity index (χ1v) is 10.2. The van der Waals surface area contributed by atoms with Crippen molar-refractivity contribution in [3.8, 4) is 0 Å². The van der Waals surface area contributed by atoms with Crippen molar-refractivity contribution in [1.82, 2.24) is 4.98 Å². The number of hydrogen-bond donors (Lipinski definition) is 1. The zero-order chi connectivity index (χ0) is 19.4. The molecule has 1 heterocycles. The SMILES string of the molecule is Cc1ccc(S(=O)(=O)OCCc2csc(NC(=O)OC(C)(C)C)n2)cc1. The number of amides is 1. The van der Waals surface area contributed by atoms with Gasteiger partial charge in [0.25, 0.3) is 10.1 Å². The molecule has 1 N–H and O–H groups in total. The van der Waals surface area contributed by atoms with E-state index in [1.807, 2.05) is 6.92 Å². The molecule has 1 aromatic heterocycles. The van der Waals surface area contributed by atoms with Gasteiger partial charge in [-0.1, -0.05) is 17.7 Å². The van der Waals surface area contributed by atoms with E-state index in [1.54, 1.807) is 38.3 Å². The number of aromatic nitrogens is 1. The quantitative estimate of drug-likeness (QED) is 0.745. The van der Waals surface area contributed by atoms with Gasteiger partial charge in [0.15, 0.2) is 5.13 Å². The van der Waals surface area contributed by atoms with E-state index in [0.29, 0.717) is 17.2 Å². The van der Waals surface area contributed by atoms with Crippen molar-refractivity contribution in [2.75, 3.05) is 11.9 Å². The molecular weight excluding hydrogens is 376 g/mol. The van der Waals surface area contributed by atoms with Crippen LogP contribution in [-0.2, 0) is 25.5 Å². The minimum absolute atomic E-state index is 0.0359. The number of carbonyl (C=O) groups excluding carboxylic acids is 1. The predicted octanol–water partition coefficient (Wildman–Crippen LogP) is 3.75. The summed E-state index contributed by atoms with van der Waals surface area (Å²) in [5, 5.41) is 4.66. The van der Waals surface area contributed by atoms with E-state index in [0.717, 1.165) is 5.56 Å². The van der Waals surface area contributed by atoms with Crippen molar-refractivity contribution in [1.29, 1.82) is 0 Å². The van der Waals surface area contributed by atoms with E-state index in [2.05, 4.69) is 10.3 Å². The molecule has 0 saturated carbocycles. The average Bonchev–Trinajstić information content (AvgIpc) is 2.92. The maximum Gasteiger partial charge on any atom is 0.413 e. The molecule has 26 heavy (non-hydrogen) atoms. The molecule has 0 saturated heterocycles. The highest BCUT2D eigenvalue weighted by Crippen LogP contribution is 2.18. The zero-order valence-electron chi connectivity index (χ0n) is 15.1. The van der Waals surface area contributed by atoms with Crippen LogP contribution in [0.3, 0.4) is 0 Å². The van der Waals surface area contributed by atoms with Crippen LogP contribution in [0.4, 0.5) is 9.93 Å². The molecule has 2 aromatic rings. The lowest BCUT2D eigenvalue weighted by Gasteiger charge is -2.18. The lowest BCUT2D eigenvalue weighted by molar-refractivity contribution is 0.0636. The summed E-state index contributed by atoms with van der Waals surface area (Å²) in [5.41, 5.74) is 0.999. The first kappa shape index (κ1) is 20.3. The van der Waals surface area contributed by atoms with Gasteiger partial charge in [0, 0.05) is 11.8 Å². The Morgan fingerprint density at radius 2 is 1.88 bits per heavy atom. The number of nitrogens with one attached hydrogen (secondary N) is 1. The van der Waals surface area contributed by atoms with Crippen LogP contribution < -0.4 is 5.32 Å². The Balaban J connectivity index is 1.86. The van der Waals surface area contributed by atoms with Crippen LogP contribution in [0.2, 0.25) is 0 Å². The summed E-state index contributed by atoms with van der Waals surface area (Å²) in [6.45, 7) is 7.15. The average molecular weight is 399 g/mol. The van der Waals surface area contributed by atoms with E-state index in [1.165, 1.54) is 23.5 Å². The van der Waals surface area contributed by atoms with Gasteiger partial charge in [-0.3, -0.25) is 9.50 Å². The topological polar surface area (TPSA) is 94.6 Å². The van der Waals surface area contributed by atoms with Crippen LogP contribution in [0.1, 0.15) is 32.0 Å². The van der Waals surface area contributed by atoms with Crippen molar-refractivity contribution < 1.29 is 22.1 Å². The number of nitrogens with zero attached hydrogens (tertiary/aromatic N) is 1. The number of rotatable bonds is 6. The van der Waals surface area contributed by atoms with Crippen LogP contribution in [0.15, 0.2) is 34.5 Å². The number of benzene rings is 1. The fourth-order valence-corrected chi connectivity index (χ4v) is 3.54. The van der Waals surface area contributed by atoms with Crippen LogP contribution in [0, 0.1) is 6.92 Å². The number of ether oxygens (including phenoxy) is 1. The second-order valence-electron chi connectivity index (χ2n) is 6.61. The number of thiazole rings is 1. The molecule has 7 nitrogen and oxygen atoms in total. The lowest BCUT2D eigenvalue weighted by atomic mass is 10.2. The highest BCUT2D eigenvalue weighted by molar-refractivity contribution is 7.86. The standard InChI is InChI=1S/C17H22N2O5S2/c1-12-5-7-14(8-6-12)26(21,22)23-10-9-13-11-25-15(18-13)19-16(20)24-17(2,3)4/h5-8,11H,9-10H2,1-4H3,(H,18,19,20). The summed E-state index contributed by atoms with van der Waals surface area (Å²) in [6, 6.07) is 6.45. The summed E-state index contributed by atoms with van der Waals surface area (Å²) < 4.78 is 34.4. The Morgan fingerprint density at radius 1 is 1.23 bits per heavy atom. The summed E-state index contributed by atoms with van der Waals surface area (Å²) in [5.74, 6) is 0. The van der Waals surface area contributed by atoms with Crippen molar-refractivity contribution >= 4 is 32.7 Å². The Hall–Kier alpha value is -1.97. The van der Waals surface area contributed by atoms with E-state index >= 15 is 0 Å². The molecule has 0 unspecified atom stereocenters. The summed E-state index contributed by atoms with van der Waals surface area (Å²) in [7, 11) is -3.79. The molecule has 142 valence electrons. The Labute approximate surface area is 157 Å². The molecule has 0 radical (unpaired) electrons. The molecular formula is C17H22N2O5S2. The van der Waals surface area contributed by atoms with Crippen molar-refractivity contribution in [2.45, 2.75) is 44.6 Å². The van der Waals surface area contributed by atoms with Gasteiger partial charge in [0.2, 0.25) is 0 Å². The van der Waals surface area contributed by atoms with Crippen LogP contribution in [0.25, 0.3) is 0 Å². The molecule has 0 atom stereocenters. The van der Waals surface area contributed by atoms with Gasteiger partial charge in [-0.25, -0.2) is 9.78 Å². The lowest BCUT2D eigenvalue weighted by Crippen LogP contribution is -2.27. The fourth-order valence-electron chi connectivity index (χ4n) is 1.90. The normalized spacial score (nSPS) is 12.0. The second kappa shape index (κ2) is 8.15. The van der Waals surface area contributed by atoms with Gasteiger partial charge < -0.3 is 4.74 Å². The Bertz CT molecular complexity index is 852. The van der Waals surface area contributed by atoms with Gasteiger partial charge in [-0.15, -0.1) is 11.3 Å². The fraction of sp³-hybridized carbons (Fsp3) is 0.412. The molecule has 0 bridgehead atoms. The molecule has 2 rings (SSSR count). The maximum absolute atomic E-state index is 12.1. The van der Waals surface area contributed by atoms with Gasteiger partial charge in [0.05, 0.1) is 17.2 Å². The van der Waals surface area contributed by atoms with Crippen molar-refractivity contribution in [3.63, 3.8) is 0 Å². The van der Waals surface area contributed by atoms with E-state index < -0.39 is 21.8 Å². The predicted molar refractivity (Wildman–Crippen MR) is 100.0 cm³/mol. The molecule has 0 aliphatic heterocycles. The third-order valence-electron chi connectivity index (χ3n) is 3.07. The minimum Gasteiger partial charge on any atom is -0.444 e. The summed E-state index contributed by atoms with van der Waals surface area (Å²) in [4.78, 5) is 16.0.